The van der Waals surface area contributed by atoms with Crippen LogP contribution in [-0.2, 0) is 0 Å². The number of nitrogens with zero attached hydrogens (tertiary/aromatic N) is 5. The van der Waals surface area contributed by atoms with Crippen LogP contribution < -0.4 is 0 Å². The summed E-state index contributed by atoms with van der Waals surface area (Å²) in [4.78, 5) is 13.2. The first-order valence-electron chi connectivity index (χ1n) is 9.22. The highest BCUT2D eigenvalue weighted by Crippen LogP contribution is 2.29. The van der Waals surface area contributed by atoms with E-state index in [2.05, 4.69) is 15.5 Å². The van der Waals surface area contributed by atoms with Gasteiger partial charge in [-0.25, -0.2) is 0 Å². The summed E-state index contributed by atoms with van der Waals surface area (Å²) in [6, 6.07) is 23.9. The van der Waals surface area contributed by atoms with Crippen LogP contribution in [0.4, 0.5) is 0 Å². The molecule has 0 bridgehead atoms. The van der Waals surface area contributed by atoms with Gasteiger partial charge in [0.15, 0.2) is 0 Å². The van der Waals surface area contributed by atoms with E-state index in [1.165, 1.54) is 11.8 Å². The van der Waals surface area contributed by atoms with Crippen LogP contribution in [0.25, 0.3) is 27.5 Å². The van der Waals surface area contributed by atoms with Crippen molar-refractivity contribution in [3.05, 3.63) is 78.4 Å². The van der Waals surface area contributed by atoms with E-state index in [0.29, 0.717) is 5.16 Å². The summed E-state index contributed by atoms with van der Waals surface area (Å²) in [5, 5.41) is 14.7. The van der Waals surface area contributed by atoms with Gasteiger partial charge in [0.25, 0.3) is 0 Å². The van der Waals surface area contributed by atoms with Gasteiger partial charge in [-0.2, -0.15) is 4.68 Å². The van der Waals surface area contributed by atoms with Gasteiger partial charge in [0.1, 0.15) is 0 Å². The summed E-state index contributed by atoms with van der Waals surface area (Å²) >= 11 is 1.33. The Morgan fingerprint density at radius 1 is 0.897 bits per heavy atom. The SMILES string of the molecule is Cc1ccc(-n2nnnc2SCC(=O)n2c3ccccc3c3ccccc32)cc1. The Labute approximate surface area is 171 Å². The molecule has 0 fully saturated rings. The average molecular weight is 399 g/mol. The quantitative estimate of drug-likeness (QED) is 0.416. The third-order valence-corrected chi connectivity index (χ3v) is 5.78. The Kier molecular flexibility index (Phi) is 4.37. The Morgan fingerprint density at radius 2 is 1.52 bits per heavy atom. The fourth-order valence-electron chi connectivity index (χ4n) is 3.50. The smallest absolute Gasteiger partial charge is 0.242 e. The van der Waals surface area contributed by atoms with Crippen LogP contribution in [0.2, 0.25) is 0 Å². The topological polar surface area (TPSA) is 65.6 Å². The number of rotatable bonds is 4. The lowest BCUT2D eigenvalue weighted by Gasteiger charge is -2.07. The number of aromatic nitrogens is 5. The van der Waals surface area contributed by atoms with Gasteiger partial charge in [0.05, 0.1) is 22.5 Å². The molecule has 5 aromatic rings. The minimum absolute atomic E-state index is 0.00847. The zero-order valence-electron chi connectivity index (χ0n) is 15.7. The normalized spacial score (nSPS) is 11.3. The van der Waals surface area contributed by atoms with Gasteiger partial charge < -0.3 is 0 Å². The van der Waals surface area contributed by atoms with Gasteiger partial charge in [-0.05, 0) is 41.6 Å². The van der Waals surface area contributed by atoms with Crippen LogP contribution in [0.3, 0.4) is 0 Å². The predicted octanol–water partition coefficient (Wildman–Crippen LogP) is 4.51. The molecule has 0 amide bonds. The second kappa shape index (κ2) is 7.18. The standard InChI is InChI=1S/C22H17N5OS/c1-15-10-12-16(13-11-15)27-22(23-24-25-27)29-14-21(28)26-19-8-4-2-6-17(19)18-7-3-5-9-20(18)26/h2-13H,14H2,1H3. The Balaban J connectivity index is 1.47. The van der Waals surface area contributed by atoms with Crippen molar-refractivity contribution in [1.82, 2.24) is 24.8 Å². The number of para-hydroxylation sites is 2. The van der Waals surface area contributed by atoms with E-state index in [1.807, 2.05) is 79.7 Å². The lowest BCUT2D eigenvalue weighted by Crippen LogP contribution is -2.13. The summed E-state index contributed by atoms with van der Waals surface area (Å²) < 4.78 is 3.45. The molecule has 0 atom stereocenters. The molecule has 5 rings (SSSR count). The monoisotopic (exact) mass is 399 g/mol. The Hall–Kier alpha value is -3.45. The molecule has 2 aromatic heterocycles. The van der Waals surface area contributed by atoms with Gasteiger partial charge in [-0.15, -0.1) is 5.10 Å². The second-order valence-electron chi connectivity index (χ2n) is 6.76. The number of carbonyl (C=O) groups is 1. The highest BCUT2D eigenvalue weighted by Gasteiger charge is 2.17. The summed E-state index contributed by atoms with van der Waals surface area (Å²) in [5.74, 6) is 0.223. The van der Waals surface area contributed by atoms with Crippen molar-refractivity contribution >= 4 is 39.5 Å². The van der Waals surface area contributed by atoms with E-state index in [0.717, 1.165) is 33.1 Å². The van der Waals surface area contributed by atoms with Crippen LogP contribution in [0.15, 0.2) is 78.0 Å². The summed E-state index contributed by atoms with van der Waals surface area (Å²) in [7, 11) is 0. The fraction of sp³-hybridized carbons (Fsp3) is 0.0909. The zero-order valence-corrected chi connectivity index (χ0v) is 16.5. The maximum atomic E-state index is 13.2. The third kappa shape index (κ3) is 3.09. The number of carbonyl (C=O) groups excluding carboxylic acids is 1. The average Bonchev–Trinajstić information content (AvgIpc) is 3.35. The van der Waals surface area contributed by atoms with Crippen LogP contribution >= 0.6 is 11.8 Å². The van der Waals surface area contributed by atoms with Crippen molar-refractivity contribution in [3.8, 4) is 5.69 Å². The first kappa shape index (κ1) is 17.6. The minimum Gasteiger partial charge on any atom is -0.279 e. The van der Waals surface area contributed by atoms with Crippen LogP contribution in [0, 0.1) is 6.92 Å². The Morgan fingerprint density at radius 3 is 2.17 bits per heavy atom. The van der Waals surface area contributed by atoms with Crippen molar-refractivity contribution in [3.63, 3.8) is 0 Å². The summed E-state index contributed by atoms with van der Waals surface area (Å²) in [5.41, 5.74) is 3.86. The van der Waals surface area contributed by atoms with Gasteiger partial charge in [-0.3, -0.25) is 9.36 Å². The van der Waals surface area contributed by atoms with Gasteiger partial charge in [0, 0.05) is 10.8 Å². The molecule has 0 spiro atoms. The van der Waals surface area contributed by atoms with Crippen molar-refractivity contribution < 1.29 is 4.79 Å². The molecule has 6 nitrogen and oxygen atoms in total. The van der Waals surface area contributed by atoms with E-state index in [4.69, 9.17) is 0 Å². The molecule has 0 unspecified atom stereocenters. The van der Waals surface area contributed by atoms with Crippen LogP contribution in [-0.4, -0.2) is 36.4 Å². The molecule has 142 valence electrons. The van der Waals surface area contributed by atoms with Gasteiger partial charge in [0.2, 0.25) is 11.1 Å². The maximum Gasteiger partial charge on any atom is 0.242 e. The number of thioether (sulfide) groups is 1. The van der Waals surface area contributed by atoms with Gasteiger partial charge >= 0.3 is 0 Å². The highest BCUT2D eigenvalue weighted by atomic mass is 32.2. The van der Waals surface area contributed by atoms with E-state index in [1.54, 1.807) is 9.25 Å². The molecule has 0 radical (unpaired) electrons. The lowest BCUT2D eigenvalue weighted by molar-refractivity contribution is 0.0951. The molecule has 0 saturated heterocycles. The largest absolute Gasteiger partial charge is 0.279 e. The first-order valence-corrected chi connectivity index (χ1v) is 10.2. The predicted molar refractivity (Wildman–Crippen MR) is 115 cm³/mol. The molecular formula is C22H17N5OS. The summed E-state index contributed by atoms with van der Waals surface area (Å²) in [6.07, 6.45) is 0. The lowest BCUT2D eigenvalue weighted by atomic mass is 10.2. The third-order valence-electron chi connectivity index (χ3n) is 4.87. The molecule has 29 heavy (non-hydrogen) atoms. The molecular weight excluding hydrogens is 382 g/mol. The number of hydrogen-bond donors (Lipinski definition) is 0. The number of aryl methyl sites for hydroxylation is 1. The molecule has 0 aliphatic carbocycles. The first-order chi connectivity index (χ1) is 14.2. The highest BCUT2D eigenvalue weighted by molar-refractivity contribution is 7.99. The number of benzene rings is 3. The molecule has 2 heterocycles. The molecule has 0 N–H and O–H groups in total. The van der Waals surface area contributed by atoms with Crippen molar-refractivity contribution in [1.29, 1.82) is 0 Å². The van der Waals surface area contributed by atoms with E-state index in [9.17, 15) is 4.79 Å². The van der Waals surface area contributed by atoms with Crippen molar-refractivity contribution in [2.24, 2.45) is 0 Å². The second-order valence-corrected chi connectivity index (χ2v) is 7.70. The number of tetrazole rings is 1. The molecule has 0 aliphatic heterocycles. The minimum atomic E-state index is -0.00847. The van der Waals surface area contributed by atoms with Crippen molar-refractivity contribution in [2.75, 3.05) is 5.75 Å². The van der Waals surface area contributed by atoms with E-state index < -0.39 is 0 Å². The molecule has 3 aromatic carbocycles. The molecule has 7 heteroatoms. The van der Waals surface area contributed by atoms with Crippen molar-refractivity contribution in [2.45, 2.75) is 12.1 Å². The zero-order chi connectivity index (χ0) is 19.8. The van der Waals surface area contributed by atoms with Crippen LogP contribution in [0.5, 0.6) is 0 Å². The molecule has 0 saturated carbocycles. The Bertz CT molecular complexity index is 1280. The summed E-state index contributed by atoms with van der Waals surface area (Å²) in [6.45, 7) is 2.03. The number of fused-ring (bicyclic) bond motifs is 3. The van der Waals surface area contributed by atoms with E-state index >= 15 is 0 Å². The van der Waals surface area contributed by atoms with E-state index in [-0.39, 0.29) is 11.7 Å². The fourth-order valence-corrected chi connectivity index (χ4v) is 4.24. The number of hydrogen-bond acceptors (Lipinski definition) is 5. The van der Waals surface area contributed by atoms with Crippen LogP contribution in [0.1, 0.15) is 10.4 Å². The maximum absolute atomic E-state index is 13.2. The molecule has 0 aliphatic rings. The van der Waals surface area contributed by atoms with Gasteiger partial charge in [-0.1, -0.05) is 65.9 Å².